The van der Waals surface area contributed by atoms with Gasteiger partial charge in [-0.25, -0.2) is 0 Å². The molecule has 4 fully saturated rings. The molecule has 2 N–H and O–H groups in total. The lowest BCUT2D eigenvalue weighted by Crippen LogP contribution is -2.49. The summed E-state index contributed by atoms with van der Waals surface area (Å²) in [6, 6.07) is 0. The van der Waals surface area contributed by atoms with Gasteiger partial charge in [0.2, 0.25) is 0 Å². The van der Waals surface area contributed by atoms with Gasteiger partial charge in [0, 0.05) is 30.1 Å². The second-order valence-electron chi connectivity index (χ2n) is 10.2. The van der Waals surface area contributed by atoms with Crippen molar-refractivity contribution in [2.24, 2.45) is 17.1 Å². The predicted molar refractivity (Wildman–Crippen MR) is 107 cm³/mol. The van der Waals surface area contributed by atoms with Crippen molar-refractivity contribution in [2.45, 2.75) is 75.0 Å². The van der Waals surface area contributed by atoms with E-state index in [4.69, 9.17) is 21.9 Å². The zero-order chi connectivity index (χ0) is 18.6. The van der Waals surface area contributed by atoms with Crippen molar-refractivity contribution in [3.8, 4) is 0 Å². The summed E-state index contributed by atoms with van der Waals surface area (Å²) in [4.78, 5) is 5.23. The Labute approximate surface area is 164 Å². The molecule has 26 heavy (non-hydrogen) atoms. The molecular weight excluding hydrogens is 346 g/mol. The lowest BCUT2D eigenvalue weighted by atomic mass is 9.74. The van der Waals surface area contributed by atoms with Crippen molar-refractivity contribution in [3.05, 3.63) is 12.7 Å². The fraction of sp³-hybridized carbons (Fsp3) is 0.905. The maximum Gasteiger partial charge on any atom is 0.0909 e. The molecule has 0 aromatic heterocycles. The van der Waals surface area contributed by atoms with Gasteiger partial charge in [0.25, 0.3) is 0 Å². The molecule has 0 aromatic carbocycles. The largest absolute Gasteiger partial charge is 0.323 e. The van der Waals surface area contributed by atoms with E-state index in [0.717, 1.165) is 25.9 Å². The van der Waals surface area contributed by atoms with Crippen molar-refractivity contribution >= 4 is 11.9 Å². The zero-order valence-electron chi connectivity index (χ0n) is 16.6. The first-order valence-electron chi connectivity index (χ1n) is 10.4. The van der Waals surface area contributed by atoms with E-state index in [0.29, 0.717) is 16.9 Å². The molecule has 4 aliphatic rings. The summed E-state index contributed by atoms with van der Waals surface area (Å²) >= 11 is 5.82. The quantitative estimate of drug-likeness (QED) is 0.653. The molecule has 1 saturated heterocycles. The summed E-state index contributed by atoms with van der Waals surface area (Å²) in [5, 5.41) is 0. The van der Waals surface area contributed by atoms with Gasteiger partial charge in [-0.15, -0.1) is 6.58 Å². The van der Waals surface area contributed by atoms with E-state index in [-0.39, 0.29) is 11.1 Å². The number of likely N-dealkylation sites (tertiary alicyclic amines) is 1. The van der Waals surface area contributed by atoms with Crippen molar-refractivity contribution in [3.63, 3.8) is 0 Å². The highest BCUT2D eigenvalue weighted by Crippen LogP contribution is 2.72. The Bertz CT molecular complexity index is 553. The minimum atomic E-state index is -0.140. The SMILES string of the molecule is C=CCC1(CN(C)C23CC2(N)C3)CCN(CC2CCCC2(C)OCl)CC1. The van der Waals surface area contributed by atoms with Crippen LogP contribution in [0.4, 0.5) is 0 Å². The average Bonchev–Trinajstić information content (AvgIpc) is 3.33. The molecule has 4 nitrogen and oxygen atoms in total. The van der Waals surface area contributed by atoms with Crippen LogP contribution in [0.1, 0.15) is 58.3 Å². The fourth-order valence-electron chi connectivity index (χ4n) is 6.06. The van der Waals surface area contributed by atoms with Crippen molar-refractivity contribution < 1.29 is 4.29 Å². The number of rotatable bonds is 8. The first-order chi connectivity index (χ1) is 12.3. The Kier molecular flexibility index (Phi) is 4.76. The molecule has 148 valence electrons. The standard InChI is InChI=1S/C21H36ClN3O/c1-4-7-19(16-24(3)21-14-20(21,23)15-21)9-11-25(12-10-19)13-17-6-5-8-18(17,2)26-22/h4,17H,1,5-16,23H2,2-3H3. The highest BCUT2D eigenvalue weighted by atomic mass is 35.5. The summed E-state index contributed by atoms with van der Waals surface area (Å²) in [6.07, 6.45) is 11.7. The highest BCUT2D eigenvalue weighted by Gasteiger charge is 2.83. The maximum absolute atomic E-state index is 6.36. The summed E-state index contributed by atoms with van der Waals surface area (Å²) in [5.41, 5.74) is 7.10. The third-order valence-electron chi connectivity index (χ3n) is 8.43. The van der Waals surface area contributed by atoms with E-state index in [9.17, 15) is 0 Å². The molecule has 0 aromatic rings. The number of likely N-dealkylation sites (N-methyl/N-ethyl adjacent to an activating group) is 1. The molecular formula is C21H36ClN3O. The van der Waals surface area contributed by atoms with Crippen LogP contribution in [0.5, 0.6) is 0 Å². The Morgan fingerprint density at radius 1 is 1.31 bits per heavy atom. The number of halogens is 1. The van der Waals surface area contributed by atoms with Crippen LogP contribution >= 0.6 is 11.9 Å². The smallest absolute Gasteiger partial charge is 0.0909 e. The predicted octanol–water partition coefficient (Wildman–Crippen LogP) is 3.55. The van der Waals surface area contributed by atoms with Crippen LogP contribution in [0.25, 0.3) is 0 Å². The van der Waals surface area contributed by atoms with E-state index in [2.05, 4.69) is 36.4 Å². The van der Waals surface area contributed by atoms with E-state index in [1.807, 2.05) is 0 Å². The molecule has 4 rings (SSSR count). The van der Waals surface area contributed by atoms with Crippen LogP contribution in [-0.4, -0.2) is 59.7 Å². The molecule has 3 saturated carbocycles. The first-order valence-corrected chi connectivity index (χ1v) is 10.7. The van der Waals surface area contributed by atoms with Crippen LogP contribution in [-0.2, 0) is 4.29 Å². The molecule has 0 bridgehead atoms. The second-order valence-corrected chi connectivity index (χ2v) is 10.3. The monoisotopic (exact) mass is 381 g/mol. The van der Waals surface area contributed by atoms with Crippen LogP contribution in [0.3, 0.4) is 0 Å². The maximum atomic E-state index is 6.36. The molecule has 1 aliphatic heterocycles. The lowest BCUT2D eigenvalue weighted by Gasteiger charge is -2.45. The van der Waals surface area contributed by atoms with E-state index < -0.39 is 0 Å². The third kappa shape index (κ3) is 3.06. The van der Waals surface area contributed by atoms with E-state index >= 15 is 0 Å². The van der Waals surface area contributed by atoms with Crippen LogP contribution in [0.2, 0.25) is 0 Å². The summed E-state index contributed by atoms with van der Waals surface area (Å²) in [7, 11) is 2.29. The van der Waals surface area contributed by atoms with Gasteiger partial charge in [0.15, 0.2) is 0 Å². The summed E-state index contributed by atoms with van der Waals surface area (Å²) in [6.45, 7) is 10.9. The molecule has 2 unspecified atom stereocenters. The van der Waals surface area contributed by atoms with Gasteiger partial charge in [-0.05, 0) is 77.4 Å². The topological polar surface area (TPSA) is 41.7 Å². The normalized spacial score (nSPS) is 44.1. The third-order valence-corrected chi connectivity index (χ3v) is 8.79. The number of piperidine rings is 1. The van der Waals surface area contributed by atoms with Crippen LogP contribution < -0.4 is 5.73 Å². The molecule has 2 atom stereocenters. The van der Waals surface area contributed by atoms with E-state index in [1.54, 1.807) is 0 Å². The number of nitrogens with two attached hydrogens (primary N) is 1. The first kappa shape index (κ1) is 19.2. The van der Waals surface area contributed by atoms with Crippen molar-refractivity contribution in [1.29, 1.82) is 0 Å². The minimum absolute atomic E-state index is 0.140. The van der Waals surface area contributed by atoms with Gasteiger partial charge >= 0.3 is 0 Å². The Morgan fingerprint density at radius 3 is 2.50 bits per heavy atom. The number of nitrogens with zero attached hydrogens (tertiary/aromatic N) is 2. The molecule has 0 radical (unpaired) electrons. The Balaban J connectivity index is 1.33. The van der Waals surface area contributed by atoms with Gasteiger partial charge in [-0.2, -0.15) is 0 Å². The highest BCUT2D eigenvalue weighted by molar-refractivity contribution is 6.07. The van der Waals surface area contributed by atoms with Gasteiger partial charge in [-0.1, -0.05) is 12.5 Å². The van der Waals surface area contributed by atoms with Gasteiger partial charge < -0.3 is 10.6 Å². The Morgan fingerprint density at radius 2 is 1.96 bits per heavy atom. The van der Waals surface area contributed by atoms with E-state index in [1.165, 1.54) is 51.6 Å². The molecule has 5 heteroatoms. The average molecular weight is 382 g/mol. The summed E-state index contributed by atoms with van der Waals surface area (Å²) in [5.74, 6) is 0.559. The van der Waals surface area contributed by atoms with Crippen LogP contribution in [0, 0.1) is 11.3 Å². The zero-order valence-corrected chi connectivity index (χ0v) is 17.4. The fourth-order valence-corrected chi connectivity index (χ4v) is 6.26. The van der Waals surface area contributed by atoms with Crippen molar-refractivity contribution in [2.75, 3.05) is 33.2 Å². The number of fused-ring (bicyclic) bond motifs is 1. The van der Waals surface area contributed by atoms with Crippen LogP contribution in [0.15, 0.2) is 12.7 Å². The van der Waals surface area contributed by atoms with Gasteiger partial charge in [-0.3, -0.25) is 9.19 Å². The second kappa shape index (κ2) is 6.45. The molecule has 0 spiro atoms. The lowest BCUT2D eigenvalue weighted by molar-refractivity contribution is 0.0141. The summed E-state index contributed by atoms with van der Waals surface area (Å²) < 4.78 is 5.36. The van der Waals surface area contributed by atoms with Gasteiger partial charge in [0.1, 0.15) is 0 Å². The molecule has 3 aliphatic carbocycles. The molecule has 0 amide bonds. The minimum Gasteiger partial charge on any atom is -0.323 e. The Hall–Kier alpha value is -0.130. The number of hydrogen-bond donors (Lipinski definition) is 1. The van der Waals surface area contributed by atoms with Crippen molar-refractivity contribution in [1.82, 2.24) is 9.80 Å². The number of allylic oxidation sites excluding steroid dienone is 1. The molecule has 1 heterocycles. The number of hydrogen-bond acceptors (Lipinski definition) is 4. The van der Waals surface area contributed by atoms with Gasteiger partial charge in [0.05, 0.1) is 17.5 Å².